The minimum absolute atomic E-state index is 0.131. The van der Waals surface area contributed by atoms with Gasteiger partial charge in [0.15, 0.2) is 5.69 Å². The van der Waals surface area contributed by atoms with E-state index in [4.69, 9.17) is 16.9 Å². The zero-order valence-corrected chi connectivity index (χ0v) is 10.3. The number of nitrogens with zero attached hydrogens (tertiary/aromatic N) is 3. The van der Waals surface area contributed by atoms with Crippen LogP contribution in [0.1, 0.15) is 16.1 Å². The molecule has 1 amide bonds. The van der Waals surface area contributed by atoms with E-state index < -0.39 is 5.91 Å². The number of hydrogen-bond donors (Lipinski definition) is 1. The molecule has 6 heteroatoms. The highest BCUT2D eigenvalue weighted by molar-refractivity contribution is 6.34. The van der Waals surface area contributed by atoms with Crippen LogP contribution in [0, 0.1) is 11.3 Å². The van der Waals surface area contributed by atoms with Gasteiger partial charge in [0, 0.05) is 13.2 Å². The summed E-state index contributed by atoms with van der Waals surface area (Å²) in [6.45, 7) is 0. The van der Waals surface area contributed by atoms with E-state index in [-0.39, 0.29) is 10.7 Å². The van der Waals surface area contributed by atoms with Gasteiger partial charge in [0.25, 0.3) is 5.91 Å². The van der Waals surface area contributed by atoms with Crippen molar-refractivity contribution in [1.82, 2.24) is 9.78 Å². The number of anilines is 1. The Bertz CT molecular complexity index is 642. The van der Waals surface area contributed by atoms with Gasteiger partial charge in [-0.2, -0.15) is 10.4 Å². The van der Waals surface area contributed by atoms with E-state index in [0.29, 0.717) is 11.3 Å². The van der Waals surface area contributed by atoms with Gasteiger partial charge in [0.2, 0.25) is 0 Å². The number of rotatable bonds is 2. The molecule has 90 valence electrons. The van der Waals surface area contributed by atoms with Crippen LogP contribution in [-0.4, -0.2) is 15.7 Å². The van der Waals surface area contributed by atoms with E-state index in [1.165, 1.54) is 10.9 Å². The van der Waals surface area contributed by atoms with Crippen molar-refractivity contribution >= 4 is 23.2 Å². The Labute approximate surface area is 109 Å². The number of para-hydroxylation sites is 1. The van der Waals surface area contributed by atoms with Crippen molar-refractivity contribution in [3.63, 3.8) is 0 Å². The lowest BCUT2D eigenvalue weighted by Gasteiger charge is -2.04. The molecule has 1 aromatic carbocycles. The van der Waals surface area contributed by atoms with Crippen molar-refractivity contribution in [3.05, 3.63) is 46.7 Å². The zero-order chi connectivity index (χ0) is 13.1. The van der Waals surface area contributed by atoms with Crippen LogP contribution in [0.5, 0.6) is 0 Å². The second-order valence-corrected chi connectivity index (χ2v) is 4.02. The van der Waals surface area contributed by atoms with Crippen molar-refractivity contribution in [2.24, 2.45) is 7.05 Å². The first-order valence-electron chi connectivity index (χ1n) is 5.11. The molecule has 1 heterocycles. The number of hydrogen-bond acceptors (Lipinski definition) is 3. The Morgan fingerprint density at radius 1 is 1.50 bits per heavy atom. The lowest BCUT2D eigenvalue weighted by molar-refractivity contribution is 0.102. The van der Waals surface area contributed by atoms with Crippen LogP contribution in [0.2, 0.25) is 5.02 Å². The van der Waals surface area contributed by atoms with Crippen molar-refractivity contribution in [2.75, 3.05) is 5.32 Å². The molecule has 1 aromatic heterocycles. The van der Waals surface area contributed by atoms with Gasteiger partial charge >= 0.3 is 0 Å². The highest BCUT2D eigenvalue weighted by Crippen LogP contribution is 2.18. The van der Waals surface area contributed by atoms with Gasteiger partial charge in [0.1, 0.15) is 6.07 Å². The third kappa shape index (κ3) is 2.34. The van der Waals surface area contributed by atoms with Crippen LogP contribution in [0.25, 0.3) is 0 Å². The molecule has 5 nitrogen and oxygen atoms in total. The molecule has 0 aliphatic carbocycles. The number of aromatic nitrogens is 2. The summed E-state index contributed by atoms with van der Waals surface area (Å²) < 4.78 is 1.45. The predicted molar refractivity (Wildman–Crippen MR) is 67.3 cm³/mol. The molecule has 2 aromatic rings. The smallest absolute Gasteiger partial charge is 0.277 e. The average molecular weight is 261 g/mol. The highest BCUT2D eigenvalue weighted by Gasteiger charge is 2.15. The second kappa shape index (κ2) is 4.90. The first kappa shape index (κ1) is 12.1. The third-order valence-electron chi connectivity index (χ3n) is 2.29. The fourth-order valence-corrected chi connectivity index (χ4v) is 1.75. The van der Waals surface area contributed by atoms with Crippen LogP contribution < -0.4 is 5.32 Å². The van der Waals surface area contributed by atoms with Crippen LogP contribution in [-0.2, 0) is 7.05 Å². The molecule has 0 spiro atoms. The normalized spacial score (nSPS) is 9.83. The monoisotopic (exact) mass is 260 g/mol. The average Bonchev–Trinajstić information content (AvgIpc) is 2.69. The Balaban J connectivity index is 2.27. The van der Waals surface area contributed by atoms with Crippen LogP contribution >= 0.6 is 11.6 Å². The lowest BCUT2D eigenvalue weighted by atomic mass is 10.2. The third-order valence-corrected chi connectivity index (χ3v) is 2.57. The molecule has 18 heavy (non-hydrogen) atoms. The fourth-order valence-electron chi connectivity index (χ4n) is 1.48. The van der Waals surface area contributed by atoms with Gasteiger partial charge in [-0.15, -0.1) is 0 Å². The van der Waals surface area contributed by atoms with Crippen LogP contribution in [0.15, 0.2) is 30.5 Å². The maximum atomic E-state index is 11.9. The standard InChI is InChI=1S/C12H9ClN4O/c1-17-7-9(13)11(16-17)12(18)15-10-5-3-2-4-8(10)6-14/h2-5,7H,1H3,(H,15,18). The molecular formula is C12H9ClN4O. The van der Waals surface area contributed by atoms with Gasteiger partial charge < -0.3 is 5.32 Å². The number of nitrogens with one attached hydrogen (secondary N) is 1. The fraction of sp³-hybridized carbons (Fsp3) is 0.0833. The molecule has 0 radical (unpaired) electrons. The number of halogens is 1. The molecule has 0 saturated heterocycles. The van der Waals surface area contributed by atoms with Crippen molar-refractivity contribution in [1.29, 1.82) is 5.26 Å². The van der Waals surface area contributed by atoms with Crippen LogP contribution in [0.3, 0.4) is 0 Å². The molecule has 0 fully saturated rings. The van der Waals surface area contributed by atoms with E-state index in [1.54, 1.807) is 31.3 Å². The Morgan fingerprint density at radius 3 is 2.83 bits per heavy atom. The van der Waals surface area contributed by atoms with Gasteiger partial charge in [0.05, 0.1) is 16.3 Å². The van der Waals surface area contributed by atoms with E-state index in [2.05, 4.69) is 10.4 Å². The molecule has 0 bridgehead atoms. The van der Waals surface area contributed by atoms with E-state index in [9.17, 15) is 4.79 Å². The number of benzene rings is 1. The SMILES string of the molecule is Cn1cc(Cl)c(C(=O)Nc2ccccc2C#N)n1. The first-order valence-corrected chi connectivity index (χ1v) is 5.49. The molecule has 2 rings (SSSR count). The van der Waals surface area contributed by atoms with Crippen molar-refractivity contribution in [3.8, 4) is 6.07 Å². The van der Waals surface area contributed by atoms with Crippen molar-refractivity contribution in [2.45, 2.75) is 0 Å². The largest absolute Gasteiger partial charge is 0.319 e. The van der Waals surface area contributed by atoms with Gasteiger partial charge in [-0.3, -0.25) is 9.48 Å². The lowest BCUT2D eigenvalue weighted by Crippen LogP contribution is -2.14. The summed E-state index contributed by atoms with van der Waals surface area (Å²) in [7, 11) is 1.67. The highest BCUT2D eigenvalue weighted by atomic mass is 35.5. The number of carbonyl (C=O) groups excluding carboxylic acids is 1. The van der Waals surface area contributed by atoms with Crippen molar-refractivity contribution < 1.29 is 4.79 Å². The summed E-state index contributed by atoms with van der Waals surface area (Å²) in [4.78, 5) is 11.9. The molecule has 0 atom stereocenters. The summed E-state index contributed by atoms with van der Waals surface area (Å²) in [5, 5.41) is 15.7. The quantitative estimate of drug-likeness (QED) is 0.900. The number of amides is 1. The molecule has 0 aliphatic rings. The number of aryl methyl sites for hydroxylation is 1. The van der Waals surface area contributed by atoms with E-state index in [1.807, 2.05) is 6.07 Å². The van der Waals surface area contributed by atoms with E-state index >= 15 is 0 Å². The summed E-state index contributed by atoms with van der Waals surface area (Å²) in [6, 6.07) is 8.72. The minimum Gasteiger partial charge on any atom is -0.319 e. The van der Waals surface area contributed by atoms with Gasteiger partial charge in [-0.1, -0.05) is 23.7 Å². The molecule has 0 unspecified atom stereocenters. The second-order valence-electron chi connectivity index (χ2n) is 3.61. The first-order chi connectivity index (χ1) is 8.61. The minimum atomic E-state index is -0.441. The Hall–Kier alpha value is -2.32. The maximum Gasteiger partial charge on any atom is 0.277 e. The summed E-state index contributed by atoms with van der Waals surface area (Å²) in [5.74, 6) is -0.441. The number of nitriles is 1. The Kier molecular flexibility index (Phi) is 3.31. The molecule has 1 N–H and O–H groups in total. The summed E-state index contributed by atoms with van der Waals surface area (Å²) in [5.41, 5.74) is 0.955. The molecule has 0 saturated carbocycles. The summed E-state index contributed by atoms with van der Waals surface area (Å²) in [6.07, 6.45) is 1.53. The summed E-state index contributed by atoms with van der Waals surface area (Å²) >= 11 is 5.87. The Morgan fingerprint density at radius 2 is 2.22 bits per heavy atom. The molecule has 0 aliphatic heterocycles. The van der Waals surface area contributed by atoms with Crippen LogP contribution in [0.4, 0.5) is 5.69 Å². The predicted octanol–water partition coefficient (Wildman–Crippen LogP) is 2.20. The van der Waals surface area contributed by atoms with Gasteiger partial charge in [-0.25, -0.2) is 0 Å². The topological polar surface area (TPSA) is 70.7 Å². The van der Waals surface area contributed by atoms with E-state index in [0.717, 1.165) is 0 Å². The number of carbonyl (C=O) groups is 1. The molecular weight excluding hydrogens is 252 g/mol. The maximum absolute atomic E-state index is 11.9. The zero-order valence-electron chi connectivity index (χ0n) is 9.51. The van der Waals surface area contributed by atoms with Gasteiger partial charge in [-0.05, 0) is 12.1 Å².